The van der Waals surface area contributed by atoms with Crippen molar-refractivity contribution in [1.82, 2.24) is 9.55 Å². The van der Waals surface area contributed by atoms with Gasteiger partial charge in [0.05, 0.1) is 7.11 Å². The highest BCUT2D eigenvalue weighted by Gasteiger charge is 1.99. The number of aromatic amines is 1. The molecule has 4 heteroatoms. The van der Waals surface area contributed by atoms with Gasteiger partial charge in [-0.3, -0.25) is 0 Å². The van der Waals surface area contributed by atoms with E-state index in [4.69, 9.17) is 17.0 Å². The van der Waals surface area contributed by atoms with Gasteiger partial charge in [0.15, 0.2) is 4.77 Å². The van der Waals surface area contributed by atoms with Crippen LogP contribution >= 0.6 is 12.2 Å². The Balaban J connectivity index is 2.26. The molecule has 0 amide bonds. The van der Waals surface area contributed by atoms with Gasteiger partial charge in [-0.15, -0.1) is 0 Å². The lowest BCUT2D eigenvalue weighted by molar-refractivity contribution is 0.414. The van der Waals surface area contributed by atoms with Crippen molar-refractivity contribution in [3.8, 4) is 5.75 Å². The number of ether oxygens (including phenoxy) is 1. The number of nitrogens with one attached hydrogen (secondary N) is 1. The lowest BCUT2D eigenvalue weighted by atomic mass is 10.2. The molecule has 0 atom stereocenters. The Hall–Kier alpha value is -1.55. The molecule has 0 aliphatic rings. The first-order valence-electron chi connectivity index (χ1n) is 5.08. The minimum atomic E-state index is 0.750. The summed E-state index contributed by atoms with van der Waals surface area (Å²) >= 11 is 5.21. The topological polar surface area (TPSA) is 29.9 Å². The van der Waals surface area contributed by atoms with Crippen LogP contribution in [0.3, 0.4) is 0 Å². The first-order chi connectivity index (χ1) is 7.69. The van der Waals surface area contributed by atoms with Crippen LogP contribution in [0.25, 0.3) is 0 Å². The van der Waals surface area contributed by atoms with Crippen LogP contribution in [0.5, 0.6) is 5.75 Å². The lowest BCUT2D eigenvalue weighted by Crippen LogP contribution is -1.98. The second-order valence-corrected chi connectivity index (χ2v) is 4.11. The molecule has 3 nitrogen and oxygen atoms in total. The number of hydrogen-bond acceptors (Lipinski definition) is 2. The first kappa shape index (κ1) is 11.0. The zero-order chi connectivity index (χ0) is 11.5. The standard InChI is InChI=1S/C12H14N2OS/c1-9-7-14(12(16)13-9)8-10-4-3-5-11(6-10)15-2/h3-7H,8H2,1-2H3,(H,13,16). The van der Waals surface area contributed by atoms with E-state index in [0.717, 1.165) is 22.8 Å². The highest BCUT2D eigenvalue weighted by molar-refractivity contribution is 7.71. The van der Waals surface area contributed by atoms with E-state index in [2.05, 4.69) is 11.1 Å². The molecular weight excluding hydrogens is 220 g/mol. The van der Waals surface area contributed by atoms with Gasteiger partial charge in [0.1, 0.15) is 5.75 Å². The second-order valence-electron chi connectivity index (χ2n) is 3.72. The van der Waals surface area contributed by atoms with E-state index in [1.54, 1.807) is 7.11 Å². The van der Waals surface area contributed by atoms with E-state index in [1.807, 2.05) is 35.9 Å². The normalized spacial score (nSPS) is 10.4. The van der Waals surface area contributed by atoms with Gasteiger partial charge in [-0.05, 0) is 36.8 Å². The third kappa shape index (κ3) is 2.33. The first-order valence-corrected chi connectivity index (χ1v) is 5.49. The molecule has 0 fully saturated rings. The summed E-state index contributed by atoms with van der Waals surface area (Å²) in [6, 6.07) is 8.00. The van der Waals surface area contributed by atoms with Crippen LogP contribution in [0.15, 0.2) is 30.5 Å². The highest BCUT2D eigenvalue weighted by Crippen LogP contribution is 2.14. The predicted molar refractivity (Wildman–Crippen MR) is 66.4 cm³/mol. The third-order valence-electron chi connectivity index (χ3n) is 2.40. The van der Waals surface area contributed by atoms with E-state index in [-0.39, 0.29) is 0 Å². The average molecular weight is 234 g/mol. The smallest absolute Gasteiger partial charge is 0.177 e. The molecule has 0 spiro atoms. The molecule has 0 radical (unpaired) electrons. The highest BCUT2D eigenvalue weighted by atomic mass is 32.1. The number of methoxy groups -OCH3 is 1. The number of aryl methyl sites for hydroxylation is 1. The van der Waals surface area contributed by atoms with E-state index in [9.17, 15) is 0 Å². The summed E-state index contributed by atoms with van der Waals surface area (Å²) in [5.74, 6) is 0.872. The largest absolute Gasteiger partial charge is 0.497 e. The fraction of sp³-hybridized carbons (Fsp3) is 0.250. The minimum Gasteiger partial charge on any atom is -0.497 e. The van der Waals surface area contributed by atoms with Gasteiger partial charge in [0.25, 0.3) is 0 Å². The molecule has 1 N–H and O–H groups in total. The number of hydrogen-bond donors (Lipinski definition) is 1. The van der Waals surface area contributed by atoms with Gasteiger partial charge in [-0.1, -0.05) is 12.1 Å². The molecule has 0 saturated heterocycles. The van der Waals surface area contributed by atoms with E-state index >= 15 is 0 Å². The number of aromatic nitrogens is 2. The fourth-order valence-corrected chi connectivity index (χ4v) is 1.93. The zero-order valence-electron chi connectivity index (χ0n) is 9.36. The van der Waals surface area contributed by atoms with Crippen molar-refractivity contribution in [2.24, 2.45) is 0 Å². The van der Waals surface area contributed by atoms with Crippen molar-refractivity contribution in [3.63, 3.8) is 0 Å². The van der Waals surface area contributed by atoms with Crippen molar-refractivity contribution >= 4 is 12.2 Å². The fourth-order valence-electron chi connectivity index (χ4n) is 1.65. The lowest BCUT2D eigenvalue weighted by Gasteiger charge is -2.05. The number of imidazole rings is 1. The Morgan fingerprint density at radius 2 is 2.25 bits per heavy atom. The maximum absolute atomic E-state index is 5.21. The summed E-state index contributed by atoms with van der Waals surface area (Å²) in [6.45, 7) is 2.76. The van der Waals surface area contributed by atoms with Crippen molar-refractivity contribution < 1.29 is 4.74 Å². The van der Waals surface area contributed by atoms with E-state index < -0.39 is 0 Å². The molecule has 16 heavy (non-hydrogen) atoms. The van der Waals surface area contributed by atoms with Crippen molar-refractivity contribution in [2.75, 3.05) is 7.11 Å². The van der Waals surface area contributed by atoms with Crippen LogP contribution in [-0.4, -0.2) is 16.7 Å². The van der Waals surface area contributed by atoms with Gasteiger partial charge in [0.2, 0.25) is 0 Å². The molecule has 1 aromatic heterocycles. The Bertz CT molecular complexity index is 542. The van der Waals surface area contributed by atoms with Crippen LogP contribution in [0, 0.1) is 11.7 Å². The summed E-state index contributed by atoms with van der Waals surface area (Å²) in [5.41, 5.74) is 2.25. The van der Waals surface area contributed by atoms with Gasteiger partial charge < -0.3 is 14.3 Å². The Morgan fingerprint density at radius 3 is 2.88 bits per heavy atom. The minimum absolute atomic E-state index is 0.750. The molecule has 84 valence electrons. The van der Waals surface area contributed by atoms with Crippen LogP contribution in [0.1, 0.15) is 11.3 Å². The van der Waals surface area contributed by atoms with Crippen molar-refractivity contribution in [1.29, 1.82) is 0 Å². The van der Waals surface area contributed by atoms with Crippen LogP contribution in [0.4, 0.5) is 0 Å². The quantitative estimate of drug-likeness (QED) is 0.828. The monoisotopic (exact) mass is 234 g/mol. The van der Waals surface area contributed by atoms with Gasteiger partial charge in [-0.25, -0.2) is 0 Å². The molecule has 0 unspecified atom stereocenters. The molecule has 2 rings (SSSR count). The van der Waals surface area contributed by atoms with Gasteiger partial charge in [-0.2, -0.15) is 0 Å². The van der Waals surface area contributed by atoms with E-state index in [0.29, 0.717) is 0 Å². The number of rotatable bonds is 3. The SMILES string of the molecule is COc1cccc(Cn2cc(C)[nH]c2=S)c1. The summed E-state index contributed by atoms with van der Waals surface area (Å²) in [4.78, 5) is 3.10. The average Bonchev–Trinajstić information content (AvgIpc) is 2.58. The Kier molecular flexibility index (Phi) is 3.10. The van der Waals surface area contributed by atoms with E-state index in [1.165, 1.54) is 5.56 Å². The maximum atomic E-state index is 5.21. The number of benzene rings is 1. The Morgan fingerprint density at radius 1 is 1.44 bits per heavy atom. The summed E-state index contributed by atoms with van der Waals surface area (Å²) < 4.78 is 7.95. The zero-order valence-corrected chi connectivity index (χ0v) is 10.2. The number of H-pyrrole nitrogens is 1. The summed E-state index contributed by atoms with van der Waals surface area (Å²) in [6.07, 6.45) is 2.02. The summed E-state index contributed by atoms with van der Waals surface area (Å²) in [7, 11) is 1.67. The Labute approximate surface area is 99.7 Å². The molecule has 2 aromatic rings. The molecule has 1 aromatic carbocycles. The van der Waals surface area contributed by atoms with Crippen LogP contribution in [0.2, 0.25) is 0 Å². The maximum Gasteiger partial charge on any atom is 0.177 e. The molecule has 0 aliphatic carbocycles. The summed E-state index contributed by atoms with van der Waals surface area (Å²) in [5, 5.41) is 0. The molecule has 0 saturated carbocycles. The molecule has 0 bridgehead atoms. The van der Waals surface area contributed by atoms with Crippen molar-refractivity contribution in [2.45, 2.75) is 13.5 Å². The van der Waals surface area contributed by atoms with Gasteiger partial charge >= 0.3 is 0 Å². The van der Waals surface area contributed by atoms with Crippen LogP contribution in [-0.2, 0) is 6.54 Å². The molecular formula is C12H14N2OS. The molecule has 1 heterocycles. The van der Waals surface area contributed by atoms with Gasteiger partial charge in [0, 0.05) is 18.4 Å². The van der Waals surface area contributed by atoms with Crippen molar-refractivity contribution in [3.05, 3.63) is 46.5 Å². The predicted octanol–water partition coefficient (Wildman–Crippen LogP) is 2.91. The van der Waals surface area contributed by atoms with Crippen LogP contribution < -0.4 is 4.74 Å². The second kappa shape index (κ2) is 4.53. The third-order valence-corrected chi connectivity index (χ3v) is 2.74. The number of nitrogens with zero attached hydrogens (tertiary/aromatic N) is 1. The molecule has 0 aliphatic heterocycles.